The van der Waals surface area contributed by atoms with Crippen molar-refractivity contribution in [2.24, 2.45) is 0 Å². The number of rotatable bonds is 4. The molecule has 0 radical (unpaired) electrons. The SMILES string of the molecule is CCNC(C)c1ccc(-c2ccc(F)cc2Cl)cc1Cl. The van der Waals surface area contributed by atoms with Gasteiger partial charge in [-0.15, -0.1) is 0 Å². The third-order valence-electron chi connectivity index (χ3n) is 3.22. The molecule has 0 spiro atoms. The topological polar surface area (TPSA) is 12.0 Å². The Labute approximate surface area is 128 Å². The zero-order chi connectivity index (χ0) is 14.7. The van der Waals surface area contributed by atoms with Crippen molar-refractivity contribution < 1.29 is 4.39 Å². The van der Waals surface area contributed by atoms with Gasteiger partial charge in [0, 0.05) is 16.6 Å². The molecule has 0 bridgehead atoms. The molecule has 0 fully saturated rings. The minimum absolute atomic E-state index is 0.185. The van der Waals surface area contributed by atoms with Crippen LogP contribution in [0.5, 0.6) is 0 Å². The molecular formula is C16H16Cl2FN. The van der Waals surface area contributed by atoms with Crippen LogP contribution < -0.4 is 5.32 Å². The summed E-state index contributed by atoms with van der Waals surface area (Å²) in [6.07, 6.45) is 0. The molecule has 2 rings (SSSR count). The van der Waals surface area contributed by atoms with Gasteiger partial charge in [0.05, 0.1) is 5.02 Å². The summed E-state index contributed by atoms with van der Waals surface area (Å²) < 4.78 is 13.1. The van der Waals surface area contributed by atoms with Gasteiger partial charge < -0.3 is 5.32 Å². The van der Waals surface area contributed by atoms with Crippen molar-refractivity contribution in [2.45, 2.75) is 19.9 Å². The van der Waals surface area contributed by atoms with E-state index in [2.05, 4.69) is 19.2 Å². The van der Waals surface area contributed by atoms with Crippen molar-refractivity contribution in [1.82, 2.24) is 5.32 Å². The normalized spacial score (nSPS) is 12.4. The van der Waals surface area contributed by atoms with Gasteiger partial charge in [-0.25, -0.2) is 4.39 Å². The highest BCUT2D eigenvalue weighted by atomic mass is 35.5. The van der Waals surface area contributed by atoms with E-state index < -0.39 is 0 Å². The number of benzene rings is 2. The molecule has 1 N–H and O–H groups in total. The Kier molecular flexibility index (Phi) is 5.03. The molecule has 2 aromatic rings. The molecule has 0 aliphatic carbocycles. The minimum atomic E-state index is -0.345. The molecule has 106 valence electrons. The highest BCUT2D eigenvalue weighted by molar-refractivity contribution is 6.34. The van der Waals surface area contributed by atoms with Crippen LogP contribution in [0.25, 0.3) is 11.1 Å². The lowest BCUT2D eigenvalue weighted by Crippen LogP contribution is -2.17. The van der Waals surface area contributed by atoms with Gasteiger partial charge in [-0.1, -0.05) is 42.3 Å². The molecule has 1 unspecified atom stereocenters. The first-order chi connectivity index (χ1) is 9.52. The van der Waals surface area contributed by atoms with Crippen LogP contribution in [0.1, 0.15) is 25.5 Å². The van der Waals surface area contributed by atoms with Gasteiger partial charge in [0.2, 0.25) is 0 Å². The molecule has 0 amide bonds. The quantitative estimate of drug-likeness (QED) is 0.789. The predicted octanol–water partition coefficient (Wildman–Crippen LogP) is 5.47. The molecular weight excluding hydrogens is 296 g/mol. The predicted molar refractivity (Wildman–Crippen MR) is 83.9 cm³/mol. The average molecular weight is 312 g/mol. The van der Waals surface area contributed by atoms with Crippen LogP contribution in [-0.2, 0) is 0 Å². The van der Waals surface area contributed by atoms with Crippen molar-refractivity contribution in [3.8, 4) is 11.1 Å². The van der Waals surface area contributed by atoms with Crippen LogP contribution in [0.2, 0.25) is 10.0 Å². The first-order valence-corrected chi connectivity index (χ1v) is 7.26. The number of hydrogen-bond acceptors (Lipinski definition) is 1. The summed E-state index contributed by atoms with van der Waals surface area (Å²) >= 11 is 12.4. The van der Waals surface area contributed by atoms with Crippen LogP contribution >= 0.6 is 23.2 Å². The maximum Gasteiger partial charge on any atom is 0.124 e. The zero-order valence-electron chi connectivity index (χ0n) is 11.4. The second-order valence-electron chi connectivity index (χ2n) is 4.64. The summed E-state index contributed by atoms with van der Waals surface area (Å²) in [5.41, 5.74) is 2.69. The molecule has 1 nitrogen and oxygen atoms in total. The molecule has 0 saturated carbocycles. The second kappa shape index (κ2) is 6.57. The van der Waals surface area contributed by atoms with Crippen LogP contribution in [0.4, 0.5) is 4.39 Å². The Morgan fingerprint density at radius 3 is 2.45 bits per heavy atom. The number of hydrogen-bond donors (Lipinski definition) is 1. The van der Waals surface area contributed by atoms with Gasteiger partial charge in [0.25, 0.3) is 0 Å². The molecule has 4 heteroatoms. The fourth-order valence-corrected chi connectivity index (χ4v) is 2.81. The van der Waals surface area contributed by atoms with Crippen molar-refractivity contribution in [1.29, 1.82) is 0 Å². The monoisotopic (exact) mass is 311 g/mol. The lowest BCUT2D eigenvalue weighted by atomic mass is 10.0. The summed E-state index contributed by atoms with van der Waals surface area (Å²) in [6, 6.07) is 10.3. The van der Waals surface area contributed by atoms with E-state index in [1.165, 1.54) is 12.1 Å². The molecule has 0 aromatic heterocycles. The smallest absolute Gasteiger partial charge is 0.124 e. The highest BCUT2D eigenvalue weighted by Crippen LogP contribution is 2.33. The van der Waals surface area contributed by atoms with Gasteiger partial charge in [0.15, 0.2) is 0 Å². The van der Waals surface area contributed by atoms with E-state index in [0.717, 1.165) is 23.2 Å². The van der Waals surface area contributed by atoms with Gasteiger partial charge in [-0.05, 0) is 48.9 Å². The Morgan fingerprint density at radius 1 is 1.10 bits per heavy atom. The first-order valence-electron chi connectivity index (χ1n) is 6.51. The van der Waals surface area contributed by atoms with E-state index in [-0.39, 0.29) is 11.9 Å². The van der Waals surface area contributed by atoms with Crippen molar-refractivity contribution in [3.05, 3.63) is 57.8 Å². The van der Waals surface area contributed by atoms with Gasteiger partial charge in [-0.3, -0.25) is 0 Å². The molecule has 0 aliphatic rings. The first kappa shape index (κ1) is 15.3. The third kappa shape index (κ3) is 3.32. The maximum atomic E-state index is 13.1. The summed E-state index contributed by atoms with van der Waals surface area (Å²) in [4.78, 5) is 0. The van der Waals surface area contributed by atoms with E-state index in [9.17, 15) is 4.39 Å². The van der Waals surface area contributed by atoms with Gasteiger partial charge >= 0.3 is 0 Å². The molecule has 0 saturated heterocycles. The highest BCUT2D eigenvalue weighted by Gasteiger charge is 2.11. The fraction of sp³-hybridized carbons (Fsp3) is 0.250. The van der Waals surface area contributed by atoms with E-state index in [1.54, 1.807) is 6.07 Å². The lowest BCUT2D eigenvalue weighted by molar-refractivity contribution is 0.598. The zero-order valence-corrected chi connectivity index (χ0v) is 12.9. The summed E-state index contributed by atoms with van der Waals surface area (Å²) in [5, 5.41) is 4.38. The maximum absolute atomic E-state index is 13.1. The van der Waals surface area contributed by atoms with E-state index in [0.29, 0.717) is 10.0 Å². The average Bonchev–Trinajstić information content (AvgIpc) is 2.38. The van der Waals surface area contributed by atoms with Crippen LogP contribution in [-0.4, -0.2) is 6.54 Å². The minimum Gasteiger partial charge on any atom is -0.310 e. The largest absolute Gasteiger partial charge is 0.310 e. The van der Waals surface area contributed by atoms with Gasteiger partial charge in [-0.2, -0.15) is 0 Å². The molecule has 2 aromatic carbocycles. The molecule has 20 heavy (non-hydrogen) atoms. The van der Waals surface area contributed by atoms with Gasteiger partial charge in [0.1, 0.15) is 5.82 Å². The molecule has 0 heterocycles. The molecule has 0 aliphatic heterocycles. The number of nitrogens with one attached hydrogen (secondary N) is 1. The van der Waals surface area contributed by atoms with Crippen molar-refractivity contribution >= 4 is 23.2 Å². The van der Waals surface area contributed by atoms with Crippen LogP contribution in [0.3, 0.4) is 0 Å². The summed E-state index contributed by atoms with van der Waals surface area (Å²) in [6.45, 7) is 5.00. The second-order valence-corrected chi connectivity index (χ2v) is 5.45. The Morgan fingerprint density at radius 2 is 1.85 bits per heavy atom. The van der Waals surface area contributed by atoms with Crippen LogP contribution in [0, 0.1) is 5.82 Å². The summed E-state index contributed by atoms with van der Waals surface area (Å²) in [7, 11) is 0. The number of halogens is 3. The molecule has 1 atom stereocenters. The van der Waals surface area contributed by atoms with E-state index in [4.69, 9.17) is 23.2 Å². The Hall–Kier alpha value is -1.09. The van der Waals surface area contributed by atoms with Crippen molar-refractivity contribution in [2.75, 3.05) is 6.54 Å². The standard InChI is InChI=1S/C16H16Cl2FN/c1-3-20-10(2)13-6-4-11(8-15(13)17)14-7-5-12(19)9-16(14)18/h4-10,20H,3H2,1-2H3. The Balaban J connectivity index is 2.38. The van der Waals surface area contributed by atoms with E-state index in [1.807, 2.05) is 18.2 Å². The van der Waals surface area contributed by atoms with E-state index >= 15 is 0 Å². The van der Waals surface area contributed by atoms with Crippen molar-refractivity contribution in [3.63, 3.8) is 0 Å². The Bertz CT molecular complexity index is 613. The van der Waals surface area contributed by atoms with Crippen LogP contribution in [0.15, 0.2) is 36.4 Å². The summed E-state index contributed by atoms with van der Waals surface area (Å²) in [5.74, 6) is -0.345. The fourth-order valence-electron chi connectivity index (χ4n) is 2.19. The third-order valence-corrected chi connectivity index (χ3v) is 3.86. The lowest BCUT2D eigenvalue weighted by Gasteiger charge is -2.15.